The predicted molar refractivity (Wildman–Crippen MR) is 85.7 cm³/mol. The predicted octanol–water partition coefficient (Wildman–Crippen LogP) is 5.03. The molecular formula is C16H21BrN2O. The van der Waals surface area contributed by atoms with Gasteiger partial charge in [0.05, 0.1) is 5.69 Å². The van der Waals surface area contributed by atoms with Crippen molar-refractivity contribution in [1.82, 2.24) is 4.98 Å². The van der Waals surface area contributed by atoms with E-state index in [0.717, 1.165) is 27.9 Å². The van der Waals surface area contributed by atoms with Gasteiger partial charge in [-0.05, 0) is 37.3 Å². The molecule has 1 aromatic heterocycles. The van der Waals surface area contributed by atoms with Gasteiger partial charge in [0.25, 0.3) is 0 Å². The van der Waals surface area contributed by atoms with Crippen LogP contribution in [-0.2, 0) is 5.41 Å². The Balaban J connectivity index is 2.10. The number of rotatable bonds is 3. The molecule has 0 amide bonds. The van der Waals surface area contributed by atoms with Gasteiger partial charge >= 0.3 is 0 Å². The SMILES string of the molecule is CC(C)CC1(c2nc3cc(Br)cc(N)c3o2)CCCC1. The van der Waals surface area contributed by atoms with E-state index < -0.39 is 0 Å². The molecule has 0 spiro atoms. The minimum absolute atomic E-state index is 0.117. The molecule has 1 saturated carbocycles. The molecule has 4 heteroatoms. The van der Waals surface area contributed by atoms with E-state index in [-0.39, 0.29) is 5.41 Å². The monoisotopic (exact) mass is 336 g/mol. The van der Waals surface area contributed by atoms with Gasteiger partial charge in [0, 0.05) is 9.89 Å². The number of oxazole rings is 1. The molecule has 0 radical (unpaired) electrons. The molecule has 3 rings (SSSR count). The molecule has 0 bridgehead atoms. The summed E-state index contributed by atoms with van der Waals surface area (Å²) in [5.74, 6) is 1.54. The minimum atomic E-state index is 0.117. The molecule has 0 unspecified atom stereocenters. The molecule has 20 heavy (non-hydrogen) atoms. The third-order valence-electron chi connectivity index (χ3n) is 4.30. The van der Waals surface area contributed by atoms with Crippen LogP contribution < -0.4 is 5.73 Å². The highest BCUT2D eigenvalue weighted by Crippen LogP contribution is 2.46. The summed E-state index contributed by atoms with van der Waals surface area (Å²) in [6.07, 6.45) is 6.04. The highest BCUT2D eigenvalue weighted by atomic mass is 79.9. The van der Waals surface area contributed by atoms with Crippen molar-refractivity contribution in [3.05, 3.63) is 22.5 Å². The van der Waals surface area contributed by atoms with Crippen molar-refractivity contribution in [2.24, 2.45) is 5.92 Å². The summed E-state index contributed by atoms with van der Waals surface area (Å²) >= 11 is 3.47. The first-order valence-corrected chi connectivity index (χ1v) is 8.15. The third-order valence-corrected chi connectivity index (χ3v) is 4.75. The second kappa shape index (κ2) is 5.06. The molecule has 3 nitrogen and oxygen atoms in total. The maximum absolute atomic E-state index is 6.09. The Bertz CT molecular complexity index is 627. The molecule has 1 aliphatic rings. The van der Waals surface area contributed by atoms with Crippen molar-refractivity contribution in [3.8, 4) is 0 Å². The van der Waals surface area contributed by atoms with Gasteiger partial charge in [0.1, 0.15) is 5.52 Å². The fourth-order valence-electron chi connectivity index (χ4n) is 3.59. The Morgan fingerprint density at radius 2 is 2.05 bits per heavy atom. The number of hydrogen-bond donors (Lipinski definition) is 1. The lowest BCUT2D eigenvalue weighted by Crippen LogP contribution is -2.24. The van der Waals surface area contributed by atoms with Crippen LogP contribution in [0, 0.1) is 5.92 Å². The summed E-state index contributed by atoms with van der Waals surface area (Å²) in [7, 11) is 0. The molecule has 1 fully saturated rings. The van der Waals surface area contributed by atoms with Crippen molar-refractivity contribution >= 4 is 32.7 Å². The van der Waals surface area contributed by atoms with E-state index >= 15 is 0 Å². The van der Waals surface area contributed by atoms with Crippen LogP contribution in [0.3, 0.4) is 0 Å². The number of nitrogens with zero attached hydrogens (tertiary/aromatic N) is 1. The van der Waals surface area contributed by atoms with Crippen LogP contribution in [0.5, 0.6) is 0 Å². The van der Waals surface area contributed by atoms with Crippen LogP contribution in [0.4, 0.5) is 5.69 Å². The fraction of sp³-hybridized carbons (Fsp3) is 0.562. The van der Waals surface area contributed by atoms with Gasteiger partial charge in [-0.3, -0.25) is 0 Å². The van der Waals surface area contributed by atoms with Gasteiger partial charge in [-0.15, -0.1) is 0 Å². The minimum Gasteiger partial charge on any atom is -0.438 e. The summed E-state index contributed by atoms with van der Waals surface area (Å²) < 4.78 is 7.04. The number of aromatic nitrogens is 1. The van der Waals surface area contributed by atoms with E-state index in [0.29, 0.717) is 11.6 Å². The Hall–Kier alpha value is -1.03. The molecule has 108 valence electrons. The largest absolute Gasteiger partial charge is 0.438 e. The number of nitrogen functional groups attached to an aromatic ring is 1. The van der Waals surface area contributed by atoms with Crippen molar-refractivity contribution in [1.29, 1.82) is 0 Å². The van der Waals surface area contributed by atoms with Crippen molar-refractivity contribution in [2.75, 3.05) is 5.73 Å². The molecule has 1 heterocycles. The second-order valence-corrected chi connectivity index (χ2v) is 7.36. The Kier molecular flexibility index (Phi) is 3.53. The first-order chi connectivity index (χ1) is 9.50. The van der Waals surface area contributed by atoms with Gasteiger partial charge in [0.2, 0.25) is 5.89 Å². The topological polar surface area (TPSA) is 52.0 Å². The first-order valence-electron chi connectivity index (χ1n) is 7.36. The van der Waals surface area contributed by atoms with E-state index in [9.17, 15) is 0 Å². The third kappa shape index (κ3) is 2.34. The second-order valence-electron chi connectivity index (χ2n) is 6.45. The molecule has 2 N–H and O–H groups in total. The molecule has 0 saturated heterocycles. The summed E-state index contributed by atoms with van der Waals surface area (Å²) in [5.41, 5.74) is 8.42. The number of benzene rings is 1. The number of halogens is 1. The lowest BCUT2D eigenvalue weighted by Gasteiger charge is -2.27. The van der Waals surface area contributed by atoms with Crippen LogP contribution in [-0.4, -0.2) is 4.98 Å². The lowest BCUT2D eigenvalue weighted by molar-refractivity contribution is 0.280. The van der Waals surface area contributed by atoms with Gasteiger partial charge in [0.15, 0.2) is 5.58 Å². The average Bonchev–Trinajstić information content (AvgIpc) is 2.95. The number of anilines is 1. The summed E-state index contributed by atoms with van der Waals surface area (Å²) in [4.78, 5) is 4.76. The first kappa shape index (κ1) is 13.9. The van der Waals surface area contributed by atoms with E-state index in [4.69, 9.17) is 15.1 Å². The maximum Gasteiger partial charge on any atom is 0.201 e. The smallest absolute Gasteiger partial charge is 0.201 e. The van der Waals surface area contributed by atoms with Gasteiger partial charge in [-0.2, -0.15) is 0 Å². The zero-order valence-electron chi connectivity index (χ0n) is 12.1. The fourth-order valence-corrected chi connectivity index (χ4v) is 4.05. The van der Waals surface area contributed by atoms with Crippen LogP contribution in [0.2, 0.25) is 0 Å². The zero-order valence-corrected chi connectivity index (χ0v) is 13.7. The Labute approximate surface area is 128 Å². The van der Waals surface area contributed by atoms with Gasteiger partial charge < -0.3 is 10.2 Å². The van der Waals surface area contributed by atoms with Crippen molar-refractivity contribution in [3.63, 3.8) is 0 Å². The molecule has 0 aliphatic heterocycles. The van der Waals surface area contributed by atoms with Crippen molar-refractivity contribution in [2.45, 2.75) is 51.4 Å². The Morgan fingerprint density at radius 3 is 2.70 bits per heavy atom. The van der Waals surface area contributed by atoms with Gasteiger partial charge in [-0.25, -0.2) is 4.98 Å². The lowest BCUT2D eigenvalue weighted by atomic mass is 9.78. The molecule has 1 aliphatic carbocycles. The standard InChI is InChI=1S/C16H21BrN2O/c1-10(2)9-16(5-3-4-6-16)15-19-13-8-11(17)7-12(18)14(13)20-15/h7-8,10H,3-6,9,18H2,1-2H3. The summed E-state index contributed by atoms with van der Waals surface area (Å²) in [5, 5.41) is 0. The maximum atomic E-state index is 6.09. The number of nitrogens with two attached hydrogens (primary N) is 1. The molecular weight excluding hydrogens is 316 g/mol. The van der Waals surface area contributed by atoms with Crippen molar-refractivity contribution < 1.29 is 4.42 Å². The molecule has 2 aromatic rings. The molecule has 1 aromatic carbocycles. The van der Waals surface area contributed by atoms with Crippen LogP contribution in [0.25, 0.3) is 11.1 Å². The van der Waals surface area contributed by atoms with E-state index in [2.05, 4.69) is 29.8 Å². The summed E-state index contributed by atoms with van der Waals surface area (Å²) in [6.45, 7) is 4.54. The number of hydrogen-bond acceptors (Lipinski definition) is 3. The summed E-state index contributed by atoms with van der Waals surface area (Å²) in [6, 6.07) is 3.86. The van der Waals surface area contributed by atoms with Gasteiger partial charge in [-0.1, -0.05) is 42.6 Å². The highest BCUT2D eigenvalue weighted by molar-refractivity contribution is 9.10. The molecule has 0 atom stereocenters. The van der Waals surface area contributed by atoms with Crippen LogP contribution in [0.15, 0.2) is 21.0 Å². The normalized spacial score (nSPS) is 18.2. The van der Waals surface area contributed by atoms with E-state index in [1.807, 2.05) is 12.1 Å². The Morgan fingerprint density at radius 1 is 1.35 bits per heavy atom. The quantitative estimate of drug-likeness (QED) is 0.799. The van der Waals surface area contributed by atoms with Crippen LogP contribution in [0.1, 0.15) is 51.8 Å². The zero-order chi connectivity index (χ0) is 14.3. The van der Waals surface area contributed by atoms with E-state index in [1.165, 1.54) is 25.7 Å². The van der Waals surface area contributed by atoms with E-state index in [1.54, 1.807) is 0 Å². The number of fused-ring (bicyclic) bond motifs is 1. The highest BCUT2D eigenvalue weighted by Gasteiger charge is 2.40. The van der Waals surface area contributed by atoms with Crippen LogP contribution >= 0.6 is 15.9 Å². The average molecular weight is 337 g/mol.